The van der Waals surface area contributed by atoms with Gasteiger partial charge in [-0.2, -0.15) is 0 Å². The van der Waals surface area contributed by atoms with Crippen molar-refractivity contribution in [2.75, 3.05) is 25.1 Å². The summed E-state index contributed by atoms with van der Waals surface area (Å²) in [5, 5.41) is 61.8. The monoisotopic (exact) mass is 1030 g/mol. The van der Waals surface area contributed by atoms with Gasteiger partial charge in [-0.1, -0.05) is 271 Å². The van der Waals surface area contributed by atoms with Gasteiger partial charge in [-0.15, -0.1) is 0 Å². The van der Waals surface area contributed by atoms with E-state index >= 15 is 0 Å². The molecule has 0 bridgehead atoms. The van der Waals surface area contributed by atoms with Gasteiger partial charge in [0.05, 0.1) is 24.9 Å². The molecular formula is C61H114N2O8S. The van der Waals surface area contributed by atoms with E-state index in [0.717, 1.165) is 37.8 Å². The topological polar surface area (TPSA) is 153 Å². The van der Waals surface area contributed by atoms with Crippen LogP contribution in [0.3, 0.4) is 0 Å². The normalized spacial score (nSPS) is 19.6. The van der Waals surface area contributed by atoms with Crippen molar-refractivity contribution in [2.24, 2.45) is 0 Å². The summed E-state index contributed by atoms with van der Waals surface area (Å²) in [4.78, 5) is 0. The second-order valence-corrected chi connectivity index (χ2v) is 23.2. The molecule has 1 saturated heterocycles. The van der Waals surface area contributed by atoms with Crippen LogP contribution in [0.2, 0.25) is 0 Å². The Labute approximate surface area is 447 Å². The average molecular weight is 1040 g/mol. The Balaban J connectivity index is 1.72. The molecule has 0 radical (unpaired) electrons. The van der Waals surface area contributed by atoms with E-state index in [-0.39, 0.29) is 23.8 Å². The highest BCUT2D eigenvalue weighted by Crippen LogP contribution is 2.26. The van der Waals surface area contributed by atoms with E-state index < -0.39 is 49.0 Å². The van der Waals surface area contributed by atoms with E-state index in [1.54, 1.807) is 0 Å². The predicted molar refractivity (Wildman–Crippen MR) is 306 cm³/mol. The first-order chi connectivity index (χ1) is 34.9. The van der Waals surface area contributed by atoms with E-state index in [4.69, 9.17) is 26.4 Å². The smallest absolute Gasteiger partial charge is 0.261 e. The van der Waals surface area contributed by atoms with E-state index in [1.807, 2.05) is 24.3 Å². The van der Waals surface area contributed by atoms with Crippen molar-refractivity contribution in [3.05, 3.63) is 29.8 Å². The highest BCUT2D eigenvalue weighted by molar-refractivity contribution is 7.80. The molecule has 11 heteroatoms. The second-order valence-electron chi connectivity index (χ2n) is 22.8. The maximum Gasteiger partial charge on any atom is 0.261 e. The number of rotatable bonds is 47. The first-order valence-corrected chi connectivity index (χ1v) is 30.7. The Morgan fingerprint density at radius 3 is 1.35 bits per heavy atom. The van der Waals surface area contributed by atoms with Gasteiger partial charge in [-0.25, -0.2) is 0 Å². The summed E-state index contributed by atoms with van der Waals surface area (Å²) in [6, 6.07) is 7.26. The van der Waals surface area contributed by atoms with Crippen molar-refractivity contribution >= 4 is 23.1 Å². The summed E-state index contributed by atoms with van der Waals surface area (Å²) < 4.78 is 17.8. The standard InChI is InChI=1S/C61H114N2O8S/c1-6-8-10-12-14-16-18-20-21-22-23-24-25-26-27-28-29-30-31-33-35-37-39-41-47-62-52(55(65)53(64)42-40-38-36-34-32-19-17-15-13-11-9-7-2)48-69-59-58(68)57(67)56(66)54(71-59)49-70-60(72)63-51-45-43-50(44-46-51)61(3,4)5/h43-46,52-59,62,64-68H,6-42,47-49H2,1-5H3,(H,63,72)/t52-,53+,54+,55-,56-,57-,58+,59-/m0/s1. The number of hydrogen-bond donors (Lipinski definition) is 7. The summed E-state index contributed by atoms with van der Waals surface area (Å²) in [5.74, 6) is 0. The lowest BCUT2D eigenvalue weighted by atomic mass is 9.87. The van der Waals surface area contributed by atoms with Crippen molar-refractivity contribution in [3.8, 4) is 0 Å². The van der Waals surface area contributed by atoms with Gasteiger partial charge >= 0.3 is 0 Å². The quantitative estimate of drug-likeness (QED) is 0.0247. The van der Waals surface area contributed by atoms with Crippen LogP contribution < -0.4 is 10.6 Å². The Hall–Kier alpha value is -1.41. The number of aliphatic hydroxyl groups excluding tert-OH is 5. The molecule has 2 rings (SSSR count). The second kappa shape index (κ2) is 43.7. The van der Waals surface area contributed by atoms with Crippen LogP contribution in [-0.2, 0) is 19.6 Å². The van der Waals surface area contributed by atoms with Gasteiger partial charge < -0.3 is 50.4 Å². The molecular weight excluding hydrogens is 921 g/mol. The first-order valence-electron chi connectivity index (χ1n) is 30.3. The number of nitrogens with one attached hydrogen (secondary N) is 2. The van der Waals surface area contributed by atoms with Crippen molar-refractivity contribution < 1.29 is 39.7 Å². The highest BCUT2D eigenvalue weighted by Gasteiger charge is 2.45. The lowest BCUT2D eigenvalue weighted by molar-refractivity contribution is -0.302. The zero-order valence-corrected chi connectivity index (χ0v) is 47.9. The zero-order valence-electron chi connectivity index (χ0n) is 47.1. The van der Waals surface area contributed by atoms with Gasteiger partial charge in [-0.3, -0.25) is 0 Å². The summed E-state index contributed by atoms with van der Waals surface area (Å²) in [6.45, 7) is 11.4. The van der Waals surface area contributed by atoms with Crippen LogP contribution in [0, 0.1) is 0 Å². The third kappa shape index (κ3) is 32.9. The van der Waals surface area contributed by atoms with Crippen molar-refractivity contribution in [3.63, 3.8) is 0 Å². The minimum absolute atomic E-state index is 0.0120. The fourth-order valence-corrected chi connectivity index (χ4v) is 10.2. The van der Waals surface area contributed by atoms with Gasteiger partial charge in [-0.05, 0) is 54.7 Å². The molecule has 0 amide bonds. The molecule has 0 saturated carbocycles. The maximum absolute atomic E-state index is 11.5. The number of anilines is 1. The predicted octanol–water partition coefficient (Wildman–Crippen LogP) is 14.7. The van der Waals surface area contributed by atoms with Crippen LogP contribution in [0.5, 0.6) is 0 Å². The molecule has 1 heterocycles. The minimum atomic E-state index is -1.56. The Bertz CT molecular complexity index is 1380. The Kier molecular flexibility index (Phi) is 40.5. The third-order valence-corrected chi connectivity index (χ3v) is 15.3. The van der Waals surface area contributed by atoms with Gasteiger partial charge in [0.25, 0.3) is 5.17 Å². The number of aliphatic hydroxyl groups is 5. The molecule has 7 N–H and O–H groups in total. The summed E-state index contributed by atoms with van der Waals surface area (Å²) >= 11 is 5.41. The fourth-order valence-electron chi connectivity index (χ4n) is 10.0. The summed E-state index contributed by atoms with van der Waals surface area (Å²) in [5.41, 5.74) is 1.94. The maximum atomic E-state index is 11.5. The molecule has 0 unspecified atom stereocenters. The molecule has 1 aromatic rings. The third-order valence-electron chi connectivity index (χ3n) is 15.1. The lowest BCUT2D eigenvalue weighted by Crippen LogP contribution is -2.60. The fraction of sp³-hybridized carbons (Fsp3) is 0.885. The largest absolute Gasteiger partial charge is 0.468 e. The van der Waals surface area contributed by atoms with Crippen molar-refractivity contribution in [2.45, 2.75) is 327 Å². The highest BCUT2D eigenvalue weighted by atomic mass is 32.1. The van der Waals surface area contributed by atoms with Crippen LogP contribution >= 0.6 is 12.2 Å². The average Bonchev–Trinajstić information content (AvgIpc) is 3.36. The number of hydrogen-bond acceptors (Lipinski definition) is 10. The van der Waals surface area contributed by atoms with Crippen LogP contribution in [0.1, 0.15) is 278 Å². The van der Waals surface area contributed by atoms with Gasteiger partial charge in [0.1, 0.15) is 31.0 Å². The summed E-state index contributed by atoms with van der Waals surface area (Å²) in [6.07, 6.45) is 38.6. The molecule has 1 aromatic carbocycles. The number of thiocarbonyl (C=S) groups is 1. The number of ether oxygens (including phenoxy) is 3. The van der Waals surface area contributed by atoms with Gasteiger partial charge in [0.15, 0.2) is 6.29 Å². The number of benzene rings is 1. The molecule has 1 aliphatic heterocycles. The molecule has 0 aromatic heterocycles. The molecule has 10 nitrogen and oxygen atoms in total. The summed E-state index contributed by atoms with van der Waals surface area (Å²) in [7, 11) is 0. The minimum Gasteiger partial charge on any atom is -0.468 e. The van der Waals surface area contributed by atoms with E-state index in [0.29, 0.717) is 13.0 Å². The van der Waals surface area contributed by atoms with Crippen molar-refractivity contribution in [1.82, 2.24) is 5.32 Å². The van der Waals surface area contributed by atoms with E-state index in [2.05, 4.69) is 45.3 Å². The van der Waals surface area contributed by atoms with Crippen molar-refractivity contribution in [1.29, 1.82) is 0 Å². The van der Waals surface area contributed by atoms with Gasteiger partial charge in [0.2, 0.25) is 0 Å². The molecule has 8 atom stereocenters. The van der Waals surface area contributed by atoms with E-state index in [9.17, 15) is 25.5 Å². The zero-order chi connectivity index (χ0) is 52.5. The molecule has 1 aliphatic rings. The Morgan fingerprint density at radius 1 is 0.556 bits per heavy atom. The molecule has 0 aliphatic carbocycles. The molecule has 72 heavy (non-hydrogen) atoms. The Morgan fingerprint density at radius 2 is 0.944 bits per heavy atom. The van der Waals surface area contributed by atoms with Crippen LogP contribution in [0.25, 0.3) is 0 Å². The van der Waals surface area contributed by atoms with Gasteiger partial charge in [0, 0.05) is 5.69 Å². The van der Waals surface area contributed by atoms with E-state index in [1.165, 1.54) is 205 Å². The SMILES string of the molecule is CCCCCCCCCCCCCCCCCCCCCCCCCCN[C@@H](CO[C@H]1O[C@H](COC(=S)Nc2ccc(C(C)(C)C)cc2)[C@H](O)[C@H](O)[C@H]1O)[C@H](O)[C@H](O)CCCCCCCCCCCCCC. The molecule has 1 fully saturated rings. The lowest BCUT2D eigenvalue weighted by Gasteiger charge is -2.40. The van der Waals surface area contributed by atoms with Crippen LogP contribution in [0.15, 0.2) is 24.3 Å². The first kappa shape index (κ1) is 66.7. The molecule has 0 spiro atoms. The van der Waals surface area contributed by atoms with Crippen LogP contribution in [0.4, 0.5) is 5.69 Å². The number of unbranched alkanes of at least 4 members (excludes halogenated alkanes) is 34. The van der Waals surface area contributed by atoms with Crippen LogP contribution in [-0.4, -0.2) is 99.4 Å². The molecule has 422 valence electrons.